The number of esters is 1. The summed E-state index contributed by atoms with van der Waals surface area (Å²) in [5, 5.41) is 6.05. The Hall–Kier alpha value is -4.19. The van der Waals surface area contributed by atoms with Crippen LogP contribution in [0.15, 0.2) is 77.9 Å². The lowest BCUT2D eigenvalue weighted by atomic mass is 10.0. The standard InChI is InChI=1S/C26H23N3O3/c1-17-15-20(18(2)29(17)24-14-7-6-12-23(24)26(31)32-3)16-27-28-25(30)22-13-8-10-19-9-4-5-11-21(19)22/h4-16H,1-3H3,(H,28,30)/b27-16-. The summed E-state index contributed by atoms with van der Waals surface area (Å²) in [6, 6.07) is 22.6. The quantitative estimate of drug-likeness (QED) is 0.284. The summed E-state index contributed by atoms with van der Waals surface area (Å²) in [5.41, 5.74) is 7.05. The average Bonchev–Trinajstić information content (AvgIpc) is 3.10. The second-order valence-electron chi connectivity index (χ2n) is 7.40. The number of para-hydroxylation sites is 1. The van der Waals surface area contributed by atoms with Gasteiger partial charge in [-0.2, -0.15) is 5.10 Å². The zero-order chi connectivity index (χ0) is 22.7. The third-order valence-electron chi connectivity index (χ3n) is 5.42. The maximum absolute atomic E-state index is 12.7. The lowest BCUT2D eigenvalue weighted by Gasteiger charge is -2.13. The molecule has 0 saturated carbocycles. The van der Waals surface area contributed by atoms with E-state index in [9.17, 15) is 9.59 Å². The Morgan fingerprint density at radius 2 is 1.62 bits per heavy atom. The highest BCUT2D eigenvalue weighted by atomic mass is 16.5. The largest absolute Gasteiger partial charge is 0.465 e. The number of rotatable bonds is 5. The van der Waals surface area contributed by atoms with Crippen LogP contribution in [0.1, 0.15) is 37.7 Å². The highest BCUT2D eigenvalue weighted by Crippen LogP contribution is 2.23. The molecule has 1 aromatic heterocycles. The summed E-state index contributed by atoms with van der Waals surface area (Å²) in [6.45, 7) is 3.89. The molecule has 3 aromatic carbocycles. The molecule has 6 heteroatoms. The first-order valence-electron chi connectivity index (χ1n) is 10.2. The van der Waals surface area contributed by atoms with Crippen molar-refractivity contribution >= 4 is 28.9 Å². The molecule has 6 nitrogen and oxygen atoms in total. The Morgan fingerprint density at radius 3 is 2.44 bits per heavy atom. The van der Waals surface area contributed by atoms with Crippen LogP contribution in [0.5, 0.6) is 0 Å². The minimum absolute atomic E-state index is 0.275. The Labute approximate surface area is 186 Å². The van der Waals surface area contributed by atoms with Gasteiger partial charge in [0.25, 0.3) is 5.91 Å². The number of fused-ring (bicyclic) bond motifs is 1. The summed E-state index contributed by atoms with van der Waals surface area (Å²) in [7, 11) is 1.37. The van der Waals surface area contributed by atoms with Crippen molar-refractivity contribution < 1.29 is 14.3 Å². The first-order valence-corrected chi connectivity index (χ1v) is 10.2. The van der Waals surface area contributed by atoms with E-state index in [0.717, 1.165) is 33.4 Å². The summed E-state index contributed by atoms with van der Waals surface area (Å²) in [4.78, 5) is 24.9. The van der Waals surface area contributed by atoms with E-state index in [2.05, 4.69) is 10.5 Å². The van der Waals surface area contributed by atoms with E-state index in [1.54, 1.807) is 24.4 Å². The number of aromatic nitrogens is 1. The number of carbonyl (C=O) groups excluding carboxylic acids is 2. The minimum atomic E-state index is -0.398. The molecule has 0 aliphatic rings. The second kappa shape index (κ2) is 8.89. The summed E-state index contributed by atoms with van der Waals surface area (Å²) in [5.74, 6) is -0.673. The molecule has 4 aromatic rings. The fourth-order valence-electron chi connectivity index (χ4n) is 3.88. The topological polar surface area (TPSA) is 72.7 Å². The third kappa shape index (κ3) is 3.90. The van der Waals surface area contributed by atoms with E-state index < -0.39 is 5.97 Å². The van der Waals surface area contributed by atoms with Gasteiger partial charge in [-0.05, 0) is 48.9 Å². The number of methoxy groups -OCH3 is 1. The van der Waals surface area contributed by atoms with Gasteiger partial charge in [-0.15, -0.1) is 0 Å². The maximum atomic E-state index is 12.7. The summed E-state index contributed by atoms with van der Waals surface area (Å²) in [6.07, 6.45) is 1.61. The molecule has 1 amide bonds. The van der Waals surface area contributed by atoms with E-state index in [1.165, 1.54) is 7.11 Å². The Morgan fingerprint density at radius 1 is 0.938 bits per heavy atom. The molecule has 0 radical (unpaired) electrons. The van der Waals surface area contributed by atoms with Crippen LogP contribution in [-0.4, -0.2) is 29.8 Å². The normalized spacial score (nSPS) is 11.1. The van der Waals surface area contributed by atoms with Gasteiger partial charge in [-0.3, -0.25) is 4.79 Å². The van der Waals surface area contributed by atoms with Gasteiger partial charge in [0.2, 0.25) is 0 Å². The molecule has 4 rings (SSSR count). The number of ether oxygens (including phenoxy) is 1. The molecule has 0 fully saturated rings. The van der Waals surface area contributed by atoms with Gasteiger partial charge >= 0.3 is 5.97 Å². The number of benzene rings is 3. The number of aryl methyl sites for hydroxylation is 1. The third-order valence-corrected chi connectivity index (χ3v) is 5.42. The van der Waals surface area contributed by atoms with Crippen LogP contribution in [-0.2, 0) is 4.74 Å². The number of nitrogens with one attached hydrogen (secondary N) is 1. The van der Waals surface area contributed by atoms with Crippen molar-refractivity contribution in [2.45, 2.75) is 13.8 Å². The summed E-state index contributed by atoms with van der Waals surface area (Å²) >= 11 is 0. The van der Waals surface area contributed by atoms with Crippen molar-refractivity contribution in [2.24, 2.45) is 5.10 Å². The Bertz CT molecular complexity index is 1350. The Kier molecular flexibility index (Phi) is 5.85. The molecular formula is C26H23N3O3. The Balaban J connectivity index is 1.60. The van der Waals surface area contributed by atoms with Gasteiger partial charge in [0.1, 0.15) is 0 Å². The van der Waals surface area contributed by atoms with Crippen LogP contribution in [0, 0.1) is 13.8 Å². The van der Waals surface area contributed by atoms with Gasteiger partial charge in [-0.25, -0.2) is 10.2 Å². The lowest BCUT2D eigenvalue weighted by Crippen LogP contribution is -2.18. The monoisotopic (exact) mass is 425 g/mol. The molecule has 1 N–H and O–H groups in total. The zero-order valence-corrected chi connectivity index (χ0v) is 18.1. The highest BCUT2D eigenvalue weighted by molar-refractivity contribution is 6.07. The van der Waals surface area contributed by atoms with E-state index >= 15 is 0 Å². The number of carbonyl (C=O) groups is 2. The fraction of sp³-hybridized carbons (Fsp3) is 0.115. The van der Waals surface area contributed by atoms with Gasteiger partial charge in [0, 0.05) is 22.5 Å². The number of nitrogens with zero attached hydrogens (tertiary/aromatic N) is 2. The fourth-order valence-corrected chi connectivity index (χ4v) is 3.88. The van der Waals surface area contributed by atoms with Gasteiger partial charge in [0.15, 0.2) is 0 Å². The number of hydrazone groups is 1. The second-order valence-corrected chi connectivity index (χ2v) is 7.40. The van der Waals surface area contributed by atoms with Crippen LogP contribution in [0.3, 0.4) is 0 Å². The first-order chi connectivity index (χ1) is 15.5. The predicted octanol–water partition coefficient (Wildman–Crippen LogP) is 4.80. The lowest BCUT2D eigenvalue weighted by molar-refractivity contribution is 0.0600. The SMILES string of the molecule is COC(=O)c1ccccc1-n1c(C)cc(/C=N\NC(=O)c2cccc3ccccc23)c1C. The molecule has 0 unspecified atom stereocenters. The van der Waals surface area contributed by atoms with Crippen LogP contribution in [0.4, 0.5) is 0 Å². The van der Waals surface area contributed by atoms with E-state index in [1.807, 2.05) is 73.0 Å². The predicted molar refractivity (Wildman–Crippen MR) is 126 cm³/mol. The van der Waals surface area contributed by atoms with Crippen LogP contribution in [0.2, 0.25) is 0 Å². The van der Waals surface area contributed by atoms with Crippen LogP contribution >= 0.6 is 0 Å². The smallest absolute Gasteiger partial charge is 0.339 e. The van der Waals surface area contributed by atoms with E-state index in [0.29, 0.717) is 11.1 Å². The van der Waals surface area contributed by atoms with Crippen molar-refractivity contribution in [2.75, 3.05) is 7.11 Å². The minimum Gasteiger partial charge on any atom is -0.465 e. The average molecular weight is 425 g/mol. The van der Waals surface area contributed by atoms with Gasteiger partial charge < -0.3 is 9.30 Å². The van der Waals surface area contributed by atoms with Crippen molar-refractivity contribution in [1.29, 1.82) is 0 Å². The highest BCUT2D eigenvalue weighted by Gasteiger charge is 2.17. The van der Waals surface area contributed by atoms with E-state index in [4.69, 9.17) is 4.74 Å². The van der Waals surface area contributed by atoms with Gasteiger partial charge in [0.05, 0.1) is 24.6 Å². The van der Waals surface area contributed by atoms with Crippen molar-refractivity contribution in [3.63, 3.8) is 0 Å². The van der Waals surface area contributed by atoms with Crippen molar-refractivity contribution in [3.8, 4) is 5.69 Å². The van der Waals surface area contributed by atoms with E-state index in [-0.39, 0.29) is 5.91 Å². The maximum Gasteiger partial charge on any atom is 0.339 e. The zero-order valence-electron chi connectivity index (χ0n) is 18.1. The number of hydrogen-bond acceptors (Lipinski definition) is 4. The molecule has 0 spiro atoms. The molecule has 160 valence electrons. The molecule has 32 heavy (non-hydrogen) atoms. The van der Waals surface area contributed by atoms with Crippen molar-refractivity contribution in [1.82, 2.24) is 9.99 Å². The summed E-state index contributed by atoms with van der Waals surface area (Å²) < 4.78 is 6.90. The number of hydrogen-bond donors (Lipinski definition) is 1. The van der Waals surface area contributed by atoms with Crippen LogP contribution < -0.4 is 5.43 Å². The first kappa shape index (κ1) is 21.1. The molecule has 0 saturated heterocycles. The van der Waals surface area contributed by atoms with Crippen molar-refractivity contribution in [3.05, 3.63) is 101 Å². The van der Waals surface area contributed by atoms with Crippen LogP contribution in [0.25, 0.3) is 16.5 Å². The molecule has 0 atom stereocenters. The number of amides is 1. The molecule has 0 aliphatic heterocycles. The molecule has 0 bridgehead atoms. The molecule has 0 aliphatic carbocycles. The van der Waals surface area contributed by atoms with Gasteiger partial charge in [-0.1, -0.05) is 48.5 Å². The molecular weight excluding hydrogens is 402 g/mol. The molecule has 1 heterocycles.